The SMILES string of the molecule is C1CCNC1.C[C@@H]1CN(C(c2ccccc2)c2ccccc2)[C@@H](C)CN1C(=O)c1cc2c(C(=O)C(=O)N3CCCC3)c[nH]c2cc1Cl.C[C@@H]1CN(C(c2ccccc2)c2ccccc2)[C@@H](C)CN1C(=O)c1cc2cc[nH]c2cc1Cl. The average Bonchev–Trinajstić information content (AvgIpc) is 4.36. The Balaban J connectivity index is 0.000000169. The third kappa shape index (κ3) is 12.3. The molecule has 4 atom stereocenters. The zero-order valence-corrected chi connectivity index (χ0v) is 47.7. The van der Waals surface area contributed by atoms with Gasteiger partial charge in [0.05, 0.1) is 38.8 Å². The number of likely N-dealkylation sites (tertiary alicyclic amines) is 1. The van der Waals surface area contributed by atoms with E-state index in [-0.39, 0.29) is 53.6 Å². The van der Waals surface area contributed by atoms with E-state index in [2.05, 4.69) is 162 Å². The number of hydrogen-bond acceptors (Lipinski definition) is 7. The molecule has 0 radical (unpaired) electrons. The number of fused-ring (bicyclic) bond motifs is 2. The van der Waals surface area contributed by atoms with Crippen molar-refractivity contribution < 1.29 is 19.2 Å². The van der Waals surface area contributed by atoms with E-state index in [4.69, 9.17) is 23.2 Å². The summed E-state index contributed by atoms with van der Waals surface area (Å²) in [4.78, 5) is 70.3. The van der Waals surface area contributed by atoms with Crippen molar-refractivity contribution in [2.75, 3.05) is 52.4 Å². The molecular formula is C66H72Cl2N8O4. The summed E-state index contributed by atoms with van der Waals surface area (Å²) < 4.78 is 0. The molecule has 2 aromatic heterocycles. The summed E-state index contributed by atoms with van der Waals surface area (Å²) >= 11 is 13.2. The number of carbonyl (C=O) groups excluding carboxylic acids is 4. The van der Waals surface area contributed by atoms with Crippen LogP contribution < -0.4 is 5.32 Å². The number of benzene rings is 6. The molecule has 0 saturated carbocycles. The van der Waals surface area contributed by atoms with Crippen molar-refractivity contribution in [1.29, 1.82) is 0 Å². The van der Waals surface area contributed by atoms with Gasteiger partial charge in [0.25, 0.3) is 23.5 Å². The molecule has 14 heteroatoms. The third-order valence-corrected chi connectivity index (χ3v) is 17.0. The molecule has 12 nitrogen and oxygen atoms in total. The Labute approximate surface area is 480 Å². The van der Waals surface area contributed by atoms with Gasteiger partial charge >= 0.3 is 0 Å². The van der Waals surface area contributed by atoms with Crippen LogP contribution in [0.3, 0.4) is 0 Å². The minimum Gasteiger partial charge on any atom is -0.361 e. The van der Waals surface area contributed by atoms with Gasteiger partial charge in [0.15, 0.2) is 0 Å². The molecule has 414 valence electrons. The Hall–Kier alpha value is -7.06. The second kappa shape index (κ2) is 25.6. The molecule has 4 aliphatic rings. The normalized spacial score (nSPS) is 19.7. The molecular weight excluding hydrogens is 1040 g/mol. The fraction of sp³-hybridized carbons (Fsp3) is 0.333. The molecule has 0 aliphatic carbocycles. The van der Waals surface area contributed by atoms with Crippen molar-refractivity contribution in [3.05, 3.63) is 213 Å². The van der Waals surface area contributed by atoms with Crippen LogP contribution in [0.25, 0.3) is 21.8 Å². The van der Waals surface area contributed by atoms with E-state index in [0.29, 0.717) is 64.8 Å². The van der Waals surface area contributed by atoms with Gasteiger partial charge in [-0.15, -0.1) is 0 Å². The number of aromatic amines is 2. The van der Waals surface area contributed by atoms with E-state index >= 15 is 0 Å². The van der Waals surface area contributed by atoms with Crippen LogP contribution in [-0.2, 0) is 4.79 Å². The number of Topliss-reactive ketones (excluding diaryl/α,β-unsaturated/α-hetero) is 1. The first-order chi connectivity index (χ1) is 38.9. The third-order valence-electron chi connectivity index (χ3n) is 16.4. The molecule has 4 aliphatic heterocycles. The van der Waals surface area contributed by atoms with E-state index in [0.717, 1.165) is 30.3 Å². The van der Waals surface area contributed by atoms with E-state index in [1.165, 1.54) is 48.2 Å². The number of hydrogen-bond donors (Lipinski definition) is 3. The molecule has 0 spiro atoms. The van der Waals surface area contributed by atoms with Crippen molar-refractivity contribution in [3.63, 3.8) is 0 Å². The number of aromatic nitrogens is 2. The van der Waals surface area contributed by atoms with E-state index in [9.17, 15) is 19.2 Å². The van der Waals surface area contributed by atoms with Gasteiger partial charge in [-0.1, -0.05) is 145 Å². The minimum atomic E-state index is -0.563. The number of H-pyrrole nitrogens is 2. The van der Waals surface area contributed by atoms with Crippen LogP contribution in [0, 0.1) is 0 Å². The van der Waals surface area contributed by atoms with Crippen LogP contribution in [-0.4, -0.2) is 134 Å². The predicted molar refractivity (Wildman–Crippen MR) is 322 cm³/mol. The summed E-state index contributed by atoms with van der Waals surface area (Å²) in [5, 5.41) is 5.56. The first kappa shape index (κ1) is 56.2. The number of halogens is 2. The largest absolute Gasteiger partial charge is 0.361 e. The Bertz CT molecular complexity index is 3310. The van der Waals surface area contributed by atoms with Crippen LogP contribution in [0.5, 0.6) is 0 Å². The molecule has 4 fully saturated rings. The molecule has 4 saturated heterocycles. The van der Waals surface area contributed by atoms with Gasteiger partial charge in [-0.05, 0) is 119 Å². The van der Waals surface area contributed by atoms with Crippen LogP contribution in [0.4, 0.5) is 0 Å². The Kier molecular flexibility index (Phi) is 18.0. The number of nitrogens with zero attached hydrogens (tertiary/aromatic N) is 5. The lowest BCUT2D eigenvalue weighted by molar-refractivity contribution is -0.125. The standard InChI is InChI=1S/C34H35ClN4O3.C28H28ClN3O.C4H9N/c1-22-21-39(23(2)20-38(22)31(24-11-5-3-6-12-24)25-13-7-4-8-14-25)33(41)27-17-26-28(19-36-30(26)18-29(27)35)32(40)34(42)37-15-9-10-16-37;1-19-18-32(28(33)24-15-23-13-14-30-26(23)16-25(24)29)20(2)17-31(19)27(21-9-5-3-6-10-21)22-11-7-4-8-12-22;1-2-4-5-3-1/h3-8,11-14,17-19,22-23,31,36H,9-10,15-16,20-21H2,1-2H3;3-16,19-20,27,30H,17-18H2,1-2H3;5H,1-4H2/t22-,23+;19-,20+;/m00./s1. The number of nitrogens with one attached hydrogen (secondary N) is 3. The van der Waals surface area contributed by atoms with E-state index in [1.807, 2.05) is 46.3 Å². The molecule has 0 unspecified atom stereocenters. The Morgan fingerprint density at radius 2 is 0.925 bits per heavy atom. The summed E-state index contributed by atoms with van der Waals surface area (Å²) in [6.45, 7) is 14.9. The molecule has 80 heavy (non-hydrogen) atoms. The van der Waals surface area contributed by atoms with Crippen molar-refractivity contribution in [2.45, 2.75) is 89.6 Å². The lowest BCUT2D eigenvalue weighted by Gasteiger charge is -2.47. The number of piperazine rings is 2. The smallest absolute Gasteiger partial charge is 0.295 e. The molecule has 3 N–H and O–H groups in total. The van der Waals surface area contributed by atoms with Crippen molar-refractivity contribution in [3.8, 4) is 0 Å². The van der Waals surface area contributed by atoms with Gasteiger partial charge in [0, 0.05) is 97.6 Å². The maximum atomic E-state index is 14.0. The lowest BCUT2D eigenvalue weighted by Crippen LogP contribution is -2.58. The fourth-order valence-corrected chi connectivity index (χ4v) is 12.6. The highest BCUT2D eigenvalue weighted by atomic mass is 35.5. The summed E-state index contributed by atoms with van der Waals surface area (Å²) in [5.41, 5.74) is 7.69. The minimum absolute atomic E-state index is 0.00178. The maximum Gasteiger partial charge on any atom is 0.295 e. The summed E-state index contributed by atoms with van der Waals surface area (Å²) in [6.07, 6.45) is 8.00. The zero-order valence-electron chi connectivity index (χ0n) is 46.2. The first-order valence-corrected chi connectivity index (χ1v) is 29.1. The first-order valence-electron chi connectivity index (χ1n) is 28.3. The summed E-state index contributed by atoms with van der Waals surface area (Å²) in [5.74, 6) is -1.24. The number of carbonyl (C=O) groups is 4. The predicted octanol–water partition coefficient (Wildman–Crippen LogP) is 12.5. The van der Waals surface area contributed by atoms with Gasteiger partial charge in [-0.2, -0.15) is 0 Å². The Morgan fingerprint density at radius 3 is 1.36 bits per heavy atom. The molecule has 8 aromatic rings. The molecule has 3 amide bonds. The molecule has 6 heterocycles. The van der Waals surface area contributed by atoms with Gasteiger partial charge in [0.2, 0.25) is 0 Å². The lowest BCUT2D eigenvalue weighted by atomic mass is 9.93. The van der Waals surface area contributed by atoms with Crippen molar-refractivity contribution in [2.24, 2.45) is 0 Å². The van der Waals surface area contributed by atoms with Crippen LogP contribution in [0.2, 0.25) is 10.0 Å². The van der Waals surface area contributed by atoms with E-state index < -0.39 is 11.7 Å². The molecule has 6 aromatic carbocycles. The van der Waals surface area contributed by atoms with E-state index in [1.54, 1.807) is 23.2 Å². The zero-order chi connectivity index (χ0) is 55.9. The van der Waals surface area contributed by atoms with Gasteiger partial charge in [-0.3, -0.25) is 29.0 Å². The average molecular weight is 1110 g/mol. The number of rotatable bonds is 10. The van der Waals surface area contributed by atoms with Gasteiger partial charge < -0.3 is 30.0 Å². The van der Waals surface area contributed by atoms with Crippen molar-refractivity contribution in [1.82, 2.24) is 39.8 Å². The summed E-state index contributed by atoms with van der Waals surface area (Å²) in [7, 11) is 0. The monoisotopic (exact) mass is 1110 g/mol. The highest BCUT2D eigenvalue weighted by Gasteiger charge is 2.40. The molecule has 0 bridgehead atoms. The fourth-order valence-electron chi connectivity index (χ4n) is 12.1. The highest BCUT2D eigenvalue weighted by molar-refractivity contribution is 6.45. The highest BCUT2D eigenvalue weighted by Crippen LogP contribution is 2.37. The quantitative estimate of drug-likeness (QED) is 0.0919. The second-order valence-electron chi connectivity index (χ2n) is 21.9. The second-order valence-corrected chi connectivity index (χ2v) is 22.7. The number of ketones is 1. The van der Waals surface area contributed by atoms with Gasteiger partial charge in [0.1, 0.15) is 0 Å². The van der Waals surface area contributed by atoms with Gasteiger partial charge in [-0.25, -0.2) is 0 Å². The Morgan fingerprint density at radius 1 is 0.487 bits per heavy atom. The molecule has 12 rings (SSSR count). The maximum absolute atomic E-state index is 14.0. The topological polar surface area (TPSA) is 128 Å². The number of amides is 3. The van der Waals surface area contributed by atoms with Crippen LogP contribution >= 0.6 is 23.2 Å². The van der Waals surface area contributed by atoms with Crippen LogP contribution in [0.1, 0.15) is 119 Å². The summed E-state index contributed by atoms with van der Waals surface area (Å²) in [6, 6.07) is 51.7. The van der Waals surface area contributed by atoms with Crippen LogP contribution in [0.15, 0.2) is 164 Å². The van der Waals surface area contributed by atoms with Crippen molar-refractivity contribution >= 4 is 68.5 Å².